The van der Waals surface area contributed by atoms with Crippen molar-refractivity contribution in [2.75, 3.05) is 18.0 Å². The molecule has 1 atom stereocenters. The predicted octanol–water partition coefficient (Wildman–Crippen LogP) is 2.87. The summed E-state index contributed by atoms with van der Waals surface area (Å²) < 4.78 is 54.4. The third-order valence-electron chi connectivity index (χ3n) is 4.05. The molecule has 1 unspecified atom stereocenters. The molecule has 0 bridgehead atoms. The van der Waals surface area contributed by atoms with E-state index >= 15 is 0 Å². The fraction of sp³-hybridized carbons (Fsp3) is 0.533. The van der Waals surface area contributed by atoms with Crippen molar-refractivity contribution in [1.82, 2.24) is 9.71 Å². The molecule has 1 aliphatic heterocycles. The molecule has 1 aromatic carbocycles. The van der Waals surface area contributed by atoms with Crippen LogP contribution in [-0.2, 0) is 10.0 Å². The minimum absolute atomic E-state index is 0.154. The molecule has 0 radical (unpaired) electrons. The summed E-state index contributed by atoms with van der Waals surface area (Å²) >= 11 is 1.22. The van der Waals surface area contributed by atoms with Crippen LogP contribution in [0.1, 0.15) is 26.7 Å². The number of halogens is 2. The zero-order valence-electron chi connectivity index (χ0n) is 13.4. The highest BCUT2D eigenvalue weighted by Crippen LogP contribution is 2.32. The van der Waals surface area contributed by atoms with Crippen LogP contribution in [-0.4, -0.2) is 37.8 Å². The van der Waals surface area contributed by atoms with Crippen LogP contribution in [0, 0.1) is 11.6 Å². The van der Waals surface area contributed by atoms with Crippen molar-refractivity contribution in [3.63, 3.8) is 0 Å². The Morgan fingerprint density at radius 1 is 1.38 bits per heavy atom. The van der Waals surface area contributed by atoms with Crippen LogP contribution >= 0.6 is 11.3 Å². The van der Waals surface area contributed by atoms with Gasteiger partial charge in [-0.15, -0.1) is 0 Å². The van der Waals surface area contributed by atoms with Gasteiger partial charge in [0.1, 0.15) is 11.3 Å². The van der Waals surface area contributed by atoms with Crippen LogP contribution < -0.4 is 9.62 Å². The van der Waals surface area contributed by atoms with E-state index in [0.717, 1.165) is 18.9 Å². The number of thiazole rings is 1. The maximum absolute atomic E-state index is 13.8. The molecule has 0 spiro atoms. The number of sulfonamides is 1. The quantitative estimate of drug-likeness (QED) is 0.893. The minimum Gasteiger partial charge on any atom is -0.346 e. The number of anilines is 1. The van der Waals surface area contributed by atoms with Gasteiger partial charge in [-0.3, -0.25) is 0 Å². The molecular formula is C15H19F2N3O2S2. The van der Waals surface area contributed by atoms with Crippen LogP contribution in [0.3, 0.4) is 0 Å². The second-order valence-electron chi connectivity index (χ2n) is 6.23. The first-order valence-electron chi connectivity index (χ1n) is 7.78. The lowest BCUT2D eigenvalue weighted by atomic mass is 10.1. The Labute approximate surface area is 143 Å². The molecule has 5 nitrogen and oxygen atoms in total. The van der Waals surface area contributed by atoms with Crippen molar-refractivity contribution < 1.29 is 17.2 Å². The first kappa shape index (κ1) is 17.5. The van der Waals surface area contributed by atoms with Crippen LogP contribution in [0.2, 0.25) is 0 Å². The Hall–Kier alpha value is -1.32. The minimum atomic E-state index is -3.34. The van der Waals surface area contributed by atoms with E-state index < -0.39 is 26.9 Å². The molecule has 0 saturated carbocycles. The second-order valence-corrected chi connectivity index (χ2v) is 9.51. The summed E-state index contributed by atoms with van der Waals surface area (Å²) in [6.07, 6.45) is 1.55. The SMILES string of the molecule is CC(C)S(=O)(=O)NC1CCCN(c2nc3c(F)cc(F)cc3s2)C1. The fourth-order valence-electron chi connectivity index (χ4n) is 2.70. The van der Waals surface area contributed by atoms with Crippen LogP contribution in [0.4, 0.5) is 13.9 Å². The summed E-state index contributed by atoms with van der Waals surface area (Å²) in [4.78, 5) is 6.20. The number of hydrogen-bond acceptors (Lipinski definition) is 5. The largest absolute Gasteiger partial charge is 0.346 e. The van der Waals surface area contributed by atoms with E-state index in [0.29, 0.717) is 22.9 Å². The molecule has 1 N–H and O–H groups in total. The lowest BCUT2D eigenvalue weighted by molar-refractivity contribution is 0.463. The summed E-state index contributed by atoms with van der Waals surface area (Å²) in [5, 5.41) is 0.0929. The molecule has 24 heavy (non-hydrogen) atoms. The van der Waals surface area contributed by atoms with Gasteiger partial charge in [-0.25, -0.2) is 26.9 Å². The average molecular weight is 375 g/mol. The summed E-state index contributed by atoms with van der Waals surface area (Å²) in [6.45, 7) is 4.45. The number of nitrogens with one attached hydrogen (secondary N) is 1. The fourth-order valence-corrected chi connectivity index (χ4v) is 4.67. The van der Waals surface area contributed by atoms with Gasteiger partial charge in [0.15, 0.2) is 10.9 Å². The van der Waals surface area contributed by atoms with Gasteiger partial charge in [0.2, 0.25) is 10.0 Å². The Balaban J connectivity index is 1.81. The number of benzene rings is 1. The zero-order chi connectivity index (χ0) is 17.5. The third-order valence-corrected chi connectivity index (χ3v) is 7.01. The number of fused-ring (bicyclic) bond motifs is 1. The lowest BCUT2D eigenvalue weighted by Gasteiger charge is -2.33. The number of piperidine rings is 1. The van der Waals surface area contributed by atoms with Gasteiger partial charge < -0.3 is 4.90 Å². The van der Waals surface area contributed by atoms with Crippen LogP contribution in [0.5, 0.6) is 0 Å². The standard InChI is InChI=1S/C15H19F2N3O2S2/c1-9(2)24(21,22)19-11-4-3-5-20(8-11)15-18-14-12(17)6-10(16)7-13(14)23-15/h6-7,9,11,19H,3-5,8H2,1-2H3. The molecular weight excluding hydrogens is 356 g/mol. The van der Waals surface area contributed by atoms with E-state index in [2.05, 4.69) is 9.71 Å². The van der Waals surface area contributed by atoms with Crippen molar-refractivity contribution in [2.45, 2.75) is 38.0 Å². The first-order valence-corrected chi connectivity index (χ1v) is 10.1. The van der Waals surface area contributed by atoms with Gasteiger partial charge in [-0.1, -0.05) is 11.3 Å². The van der Waals surface area contributed by atoms with Gasteiger partial charge in [-0.05, 0) is 32.8 Å². The zero-order valence-corrected chi connectivity index (χ0v) is 15.1. The summed E-state index contributed by atoms with van der Waals surface area (Å²) in [7, 11) is -3.34. The van der Waals surface area contributed by atoms with E-state index in [1.165, 1.54) is 17.4 Å². The molecule has 0 aliphatic carbocycles. The first-order chi connectivity index (χ1) is 11.3. The van der Waals surface area contributed by atoms with Gasteiger partial charge in [0, 0.05) is 25.2 Å². The molecule has 3 rings (SSSR count). The summed E-state index contributed by atoms with van der Waals surface area (Å²) in [5.74, 6) is -1.31. The highest BCUT2D eigenvalue weighted by Gasteiger charge is 2.27. The van der Waals surface area contributed by atoms with E-state index in [1.54, 1.807) is 13.8 Å². The monoisotopic (exact) mass is 375 g/mol. The smallest absolute Gasteiger partial charge is 0.214 e. The second kappa shape index (κ2) is 6.53. The van der Waals surface area contributed by atoms with Gasteiger partial charge in [0.25, 0.3) is 0 Å². The van der Waals surface area contributed by atoms with Gasteiger partial charge in [0.05, 0.1) is 9.95 Å². The van der Waals surface area contributed by atoms with E-state index in [-0.39, 0.29) is 11.6 Å². The third kappa shape index (κ3) is 3.52. The summed E-state index contributed by atoms with van der Waals surface area (Å²) in [5.41, 5.74) is 0.154. The number of rotatable bonds is 4. The van der Waals surface area contributed by atoms with E-state index in [4.69, 9.17) is 0 Å². The highest BCUT2D eigenvalue weighted by molar-refractivity contribution is 7.90. The number of aromatic nitrogens is 1. The lowest BCUT2D eigenvalue weighted by Crippen LogP contribution is -2.49. The normalized spacial score (nSPS) is 19.4. The molecule has 2 heterocycles. The maximum atomic E-state index is 13.8. The Bertz CT molecular complexity index is 852. The Morgan fingerprint density at radius 2 is 2.12 bits per heavy atom. The Kier molecular flexibility index (Phi) is 4.76. The molecule has 1 aliphatic rings. The maximum Gasteiger partial charge on any atom is 0.214 e. The van der Waals surface area contributed by atoms with Gasteiger partial charge in [-0.2, -0.15) is 0 Å². The van der Waals surface area contributed by atoms with Gasteiger partial charge >= 0.3 is 0 Å². The average Bonchev–Trinajstić information content (AvgIpc) is 2.91. The van der Waals surface area contributed by atoms with E-state index in [9.17, 15) is 17.2 Å². The molecule has 1 aromatic heterocycles. The molecule has 1 fully saturated rings. The molecule has 9 heteroatoms. The molecule has 132 valence electrons. The van der Waals surface area contributed by atoms with Crippen molar-refractivity contribution in [3.8, 4) is 0 Å². The number of hydrogen-bond donors (Lipinski definition) is 1. The topological polar surface area (TPSA) is 62.3 Å². The molecule has 0 amide bonds. The summed E-state index contributed by atoms with van der Waals surface area (Å²) in [6, 6.07) is 1.88. The Morgan fingerprint density at radius 3 is 2.83 bits per heavy atom. The van der Waals surface area contributed by atoms with Crippen molar-refractivity contribution in [2.24, 2.45) is 0 Å². The molecule has 1 saturated heterocycles. The van der Waals surface area contributed by atoms with Crippen LogP contribution in [0.15, 0.2) is 12.1 Å². The predicted molar refractivity (Wildman–Crippen MR) is 92.0 cm³/mol. The van der Waals surface area contributed by atoms with E-state index in [1.807, 2.05) is 4.90 Å². The van der Waals surface area contributed by atoms with Crippen LogP contribution in [0.25, 0.3) is 10.2 Å². The van der Waals surface area contributed by atoms with Crippen molar-refractivity contribution in [1.29, 1.82) is 0 Å². The van der Waals surface area contributed by atoms with Crippen molar-refractivity contribution >= 4 is 36.7 Å². The highest BCUT2D eigenvalue weighted by atomic mass is 32.2. The molecule has 2 aromatic rings. The number of nitrogens with zero attached hydrogens (tertiary/aromatic N) is 2. The van der Waals surface area contributed by atoms with Crippen molar-refractivity contribution in [3.05, 3.63) is 23.8 Å².